The van der Waals surface area contributed by atoms with Crippen molar-refractivity contribution in [2.45, 2.75) is 32.9 Å². The molecule has 0 fully saturated rings. The predicted molar refractivity (Wildman–Crippen MR) is 84.6 cm³/mol. The van der Waals surface area contributed by atoms with Crippen molar-refractivity contribution in [3.05, 3.63) is 52.8 Å². The Kier molecular flexibility index (Phi) is 6.10. The first-order valence-corrected chi connectivity index (χ1v) is 7.76. The highest BCUT2D eigenvalue weighted by Crippen LogP contribution is 2.16. The van der Waals surface area contributed by atoms with E-state index in [9.17, 15) is 13.6 Å². The molecule has 0 unspecified atom stereocenters. The van der Waals surface area contributed by atoms with Gasteiger partial charge in [0.2, 0.25) is 0 Å². The highest BCUT2D eigenvalue weighted by molar-refractivity contribution is 6.30. The average molecular weight is 342 g/mol. The second-order valence-corrected chi connectivity index (χ2v) is 5.61. The number of unbranched alkanes of at least 4 members (excludes halogenated alkanes) is 1. The molecule has 1 aromatic carbocycles. The van der Waals surface area contributed by atoms with Crippen molar-refractivity contribution < 1.29 is 13.6 Å². The molecule has 0 N–H and O–H groups in total. The Hall–Kier alpha value is -1.95. The minimum Gasteiger partial charge on any atom is -0.333 e. The van der Waals surface area contributed by atoms with E-state index in [0.717, 1.165) is 24.6 Å². The molecule has 0 saturated heterocycles. The molecule has 0 aliphatic rings. The lowest BCUT2D eigenvalue weighted by atomic mass is 10.2. The summed E-state index contributed by atoms with van der Waals surface area (Å²) in [5.74, 6) is -0.363. The summed E-state index contributed by atoms with van der Waals surface area (Å²) in [5, 5.41) is 4.24. The maximum absolute atomic E-state index is 12.6. The quantitative estimate of drug-likeness (QED) is 0.749. The second kappa shape index (κ2) is 8.06. The van der Waals surface area contributed by atoms with E-state index in [1.807, 2.05) is 19.1 Å². The molecule has 0 aliphatic heterocycles. The largest absolute Gasteiger partial charge is 0.333 e. The van der Waals surface area contributed by atoms with Crippen molar-refractivity contribution in [3.8, 4) is 0 Å². The molecule has 0 bridgehead atoms. The maximum atomic E-state index is 12.6. The van der Waals surface area contributed by atoms with Gasteiger partial charge in [0, 0.05) is 24.3 Å². The minimum absolute atomic E-state index is 0.0171. The molecule has 7 heteroatoms. The number of carbonyl (C=O) groups is 1. The van der Waals surface area contributed by atoms with E-state index in [-0.39, 0.29) is 11.6 Å². The Morgan fingerprint density at radius 2 is 2.17 bits per heavy atom. The van der Waals surface area contributed by atoms with Crippen molar-refractivity contribution in [2.75, 3.05) is 6.54 Å². The summed E-state index contributed by atoms with van der Waals surface area (Å²) in [7, 11) is 0. The van der Waals surface area contributed by atoms with Crippen LogP contribution in [0.4, 0.5) is 8.78 Å². The van der Waals surface area contributed by atoms with Crippen LogP contribution in [0.3, 0.4) is 0 Å². The van der Waals surface area contributed by atoms with Crippen LogP contribution in [0.15, 0.2) is 36.5 Å². The van der Waals surface area contributed by atoms with Crippen LogP contribution in [0.25, 0.3) is 0 Å². The average Bonchev–Trinajstić information content (AvgIpc) is 3.01. The van der Waals surface area contributed by atoms with Crippen LogP contribution in [-0.2, 0) is 6.54 Å². The summed E-state index contributed by atoms with van der Waals surface area (Å²) in [6.45, 7) is 0.159. The Morgan fingerprint density at radius 3 is 2.78 bits per heavy atom. The van der Waals surface area contributed by atoms with Crippen LogP contribution in [0.5, 0.6) is 0 Å². The number of halogens is 3. The smallest absolute Gasteiger partial charge is 0.333 e. The molecule has 0 atom stereocenters. The summed E-state index contributed by atoms with van der Waals surface area (Å²) in [4.78, 5) is 14.2. The Balaban J connectivity index is 2.17. The van der Waals surface area contributed by atoms with E-state index in [4.69, 9.17) is 11.6 Å². The highest BCUT2D eigenvalue weighted by atomic mass is 35.5. The van der Waals surface area contributed by atoms with Gasteiger partial charge in [0.25, 0.3) is 5.91 Å². The normalized spacial score (nSPS) is 11.0. The zero-order chi connectivity index (χ0) is 16.8. The second-order valence-electron chi connectivity index (χ2n) is 5.17. The zero-order valence-electron chi connectivity index (χ0n) is 12.8. The molecule has 2 rings (SSSR count). The van der Waals surface area contributed by atoms with Crippen molar-refractivity contribution in [1.82, 2.24) is 14.7 Å². The predicted octanol–water partition coefficient (Wildman–Crippen LogP) is 4.37. The van der Waals surface area contributed by atoms with Gasteiger partial charge in [-0.15, -0.1) is 0 Å². The fraction of sp³-hybridized carbons (Fsp3) is 0.375. The molecular weight excluding hydrogens is 324 g/mol. The molecule has 1 heterocycles. The third-order valence-electron chi connectivity index (χ3n) is 3.36. The topological polar surface area (TPSA) is 38.1 Å². The standard InChI is InChI=1S/C16H18ClF2N3O/c1-2-3-8-21(11-12-5-4-6-13(17)10-12)15(23)14-7-9-22(20-14)16(18)19/h4-7,9-10,16H,2-3,8,11H2,1H3. The molecule has 124 valence electrons. The lowest BCUT2D eigenvalue weighted by molar-refractivity contribution is 0.0550. The van der Waals surface area contributed by atoms with Gasteiger partial charge in [-0.2, -0.15) is 13.9 Å². The van der Waals surface area contributed by atoms with Gasteiger partial charge in [0.05, 0.1) is 0 Å². The van der Waals surface area contributed by atoms with Gasteiger partial charge in [-0.05, 0) is 30.2 Å². The third-order valence-corrected chi connectivity index (χ3v) is 3.59. The monoisotopic (exact) mass is 341 g/mol. The molecule has 0 radical (unpaired) electrons. The third kappa shape index (κ3) is 4.76. The summed E-state index contributed by atoms with van der Waals surface area (Å²) in [5.41, 5.74) is 0.902. The SMILES string of the molecule is CCCCN(Cc1cccc(Cl)c1)C(=O)c1ccn(C(F)F)n1. The van der Waals surface area contributed by atoms with Crippen LogP contribution in [0, 0.1) is 0 Å². The van der Waals surface area contributed by atoms with Gasteiger partial charge in [-0.3, -0.25) is 4.79 Å². The van der Waals surface area contributed by atoms with Crippen molar-refractivity contribution in [2.24, 2.45) is 0 Å². The van der Waals surface area contributed by atoms with Crippen molar-refractivity contribution in [3.63, 3.8) is 0 Å². The first-order chi connectivity index (χ1) is 11.0. The number of benzene rings is 1. The lowest BCUT2D eigenvalue weighted by Gasteiger charge is -2.22. The molecular formula is C16H18ClF2N3O. The van der Waals surface area contributed by atoms with Crippen LogP contribution in [0.2, 0.25) is 5.02 Å². The molecule has 2 aromatic rings. The number of alkyl halides is 2. The molecule has 4 nitrogen and oxygen atoms in total. The van der Waals surface area contributed by atoms with Crippen LogP contribution < -0.4 is 0 Å². The van der Waals surface area contributed by atoms with Crippen LogP contribution in [-0.4, -0.2) is 27.1 Å². The van der Waals surface area contributed by atoms with Crippen LogP contribution >= 0.6 is 11.6 Å². The summed E-state index contributed by atoms with van der Waals surface area (Å²) in [6, 6.07) is 8.53. The van der Waals surface area contributed by atoms with E-state index in [1.165, 1.54) is 6.07 Å². The van der Waals surface area contributed by atoms with E-state index in [1.54, 1.807) is 17.0 Å². The number of hydrogen-bond acceptors (Lipinski definition) is 2. The molecule has 0 aliphatic carbocycles. The van der Waals surface area contributed by atoms with Gasteiger partial charge in [-0.1, -0.05) is 37.1 Å². The number of nitrogens with zero attached hydrogens (tertiary/aromatic N) is 3. The summed E-state index contributed by atoms with van der Waals surface area (Å²) < 4.78 is 25.7. The van der Waals surface area contributed by atoms with Gasteiger partial charge < -0.3 is 4.90 Å². The summed E-state index contributed by atoms with van der Waals surface area (Å²) >= 11 is 5.96. The summed E-state index contributed by atoms with van der Waals surface area (Å²) in [6.07, 6.45) is 2.85. The zero-order valence-corrected chi connectivity index (χ0v) is 13.5. The Labute approximate surface area is 138 Å². The fourth-order valence-corrected chi connectivity index (χ4v) is 2.39. The van der Waals surface area contributed by atoms with Crippen molar-refractivity contribution in [1.29, 1.82) is 0 Å². The number of aromatic nitrogens is 2. The van der Waals surface area contributed by atoms with Gasteiger partial charge in [0.1, 0.15) is 0 Å². The molecule has 23 heavy (non-hydrogen) atoms. The molecule has 0 spiro atoms. The molecule has 0 saturated carbocycles. The van der Waals surface area contributed by atoms with E-state index in [2.05, 4.69) is 5.10 Å². The van der Waals surface area contributed by atoms with Crippen LogP contribution in [0.1, 0.15) is 42.4 Å². The number of carbonyl (C=O) groups excluding carboxylic acids is 1. The maximum Gasteiger partial charge on any atom is 0.333 e. The van der Waals surface area contributed by atoms with Gasteiger partial charge in [-0.25, -0.2) is 4.68 Å². The van der Waals surface area contributed by atoms with E-state index >= 15 is 0 Å². The van der Waals surface area contributed by atoms with Crippen molar-refractivity contribution >= 4 is 17.5 Å². The van der Waals surface area contributed by atoms with E-state index in [0.29, 0.717) is 22.8 Å². The Bertz CT molecular complexity index is 660. The number of rotatable bonds is 7. The van der Waals surface area contributed by atoms with E-state index < -0.39 is 6.55 Å². The van der Waals surface area contributed by atoms with Gasteiger partial charge >= 0.3 is 6.55 Å². The Morgan fingerprint density at radius 1 is 1.39 bits per heavy atom. The minimum atomic E-state index is -2.76. The van der Waals surface area contributed by atoms with Gasteiger partial charge in [0.15, 0.2) is 5.69 Å². The fourth-order valence-electron chi connectivity index (χ4n) is 2.18. The lowest BCUT2D eigenvalue weighted by Crippen LogP contribution is -2.32. The highest BCUT2D eigenvalue weighted by Gasteiger charge is 2.20. The number of amides is 1. The first-order valence-electron chi connectivity index (χ1n) is 7.38. The molecule has 1 amide bonds. The number of hydrogen-bond donors (Lipinski definition) is 0. The molecule has 1 aromatic heterocycles. The first kappa shape index (κ1) is 17.4.